The molecule has 0 unspecified atom stereocenters. The molecular weight excluding hydrogens is 406 g/mol. The van der Waals surface area contributed by atoms with Gasteiger partial charge < -0.3 is 19.3 Å². The van der Waals surface area contributed by atoms with Crippen molar-refractivity contribution in [2.75, 3.05) is 14.2 Å². The number of rotatable bonds is 9. The number of aromatic hydroxyl groups is 1. The largest absolute Gasteiger partial charge is 0.504 e. The van der Waals surface area contributed by atoms with Gasteiger partial charge in [0.25, 0.3) is 0 Å². The molecule has 3 rings (SSSR count). The van der Waals surface area contributed by atoms with Crippen LogP contribution in [-0.2, 0) is 12.8 Å². The molecule has 168 valence electrons. The molecule has 0 saturated heterocycles. The maximum atomic E-state index is 12.3. The summed E-state index contributed by atoms with van der Waals surface area (Å²) in [5.41, 5.74) is 2.46. The Morgan fingerprint density at radius 3 is 2.09 bits per heavy atom. The fourth-order valence-electron chi connectivity index (χ4n) is 3.55. The number of pyridine rings is 1. The van der Waals surface area contributed by atoms with Gasteiger partial charge in [-0.1, -0.05) is 32.0 Å². The number of aromatic nitrogens is 1. The van der Waals surface area contributed by atoms with Gasteiger partial charge in [-0.3, -0.25) is 0 Å². The van der Waals surface area contributed by atoms with Gasteiger partial charge in [0.15, 0.2) is 23.0 Å². The van der Waals surface area contributed by atoms with Crippen LogP contribution in [0.1, 0.15) is 35.5 Å². The minimum absolute atomic E-state index is 0.146. The van der Waals surface area contributed by atoms with Crippen molar-refractivity contribution in [2.45, 2.75) is 26.7 Å². The van der Waals surface area contributed by atoms with Crippen LogP contribution in [0.25, 0.3) is 0 Å². The smallest absolute Gasteiger partial charge is 0.362 e. The molecule has 1 heterocycles. The van der Waals surface area contributed by atoms with Crippen LogP contribution in [0.15, 0.2) is 60.8 Å². The molecule has 6 heteroatoms. The number of ether oxygens (including phenoxy) is 3. The second-order valence-electron chi connectivity index (χ2n) is 7.96. The van der Waals surface area contributed by atoms with Crippen molar-refractivity contribution in [1.29, 1.82) is 0 Å². The molecule has 0 spiro atoms. The van der Waals surface area contributed by atoms with Crippen LogP contribution in [0.3, 0.4) is 0 Å². The van der Waals surface area contributed by atoms with Gasteiger partial charge in [-0.15, -0.1) is 0 Å². The van der Waals surface area contributed by atoms with Gasteiger partial charge in [0, 0.05) is 6.20 Å². The summed E-state index contributed by atoms with van der Waals surface area (Å²) in [5.74, 6) is 1.77. The van der Waals surface area contributed by atoms with Crippen molar-refractivity contribution >= 4 is 5.97 Å². The van der Waals surface area contributed by atoms with E-state index in [-0.39, 0.29) is 11.4 Å². The normalized spacial score (nSPS) is 12.6. The molecule has 0 aliphatic carbocycles. The van der Waals surface area contributed by atoms with E-state index in [1.165, 1.54) is 0 Å². The van der Waals surface area contributed by atoms with Crippen LogP contribution in [0.2, 0.25) is 0 Å². The van der Waals surface area contributed by atoms with Crippen LogP contribution in [0, 0.1) is 11.8 Å². The number of phenolic OH excluding ortho intramolecular Hbond substituents is 1. The van der Waals surface area contributed by atoms with Crippen molar-refractivity contribution in [3.8, 4) is 23.0 Å². The van der Waals surface area contributed by atoms with E-state index in [4.69, 9.17) is 14.2 Å². The maximum absolute atomic E-state index is 12.3. The van der Waals surface area contributed by atoms with Crippen LogP contribution in [-0.4, -0.2) is 30.3 Å². The molecule has 0 bridgehead atoms. The summed E-state index contributed by atoms with van der Waals surface area (Å²) in [6.07, 6.45) is 3.27. The van der Waals surface area contributed by atoms with Crippen molar-refractivity contribution < 1.29 is 24.1 Å². The van der Waals surface area contributed by atoms with Gasteiger partial charge in [-0.2, -0.15) is 0 Å². The van der Waals surface area contributed by atoms with Crippen LogP contribution in [0.4, 0.5) is 0 Å². The fourth-order valence-corrected chi connectivity index (χ4v) is 3.55. The number of hydrogen-bond acceptors (Lipinski definition) is 6. The van der Waals surface area contributed by atoms with Crippen molar-refractivity contribution in [3.63, 3.8) is 0 Å². The summed E-state index contributed by atoms with van der Waals surface area (Å²) in [5, 5.41) is 9.79. The van der Waals surface area contributed by atoms with Gasteiger partial charge in [-0.25, -0.2) is 9.78 Å². The Balaban J connectivity index is 1.65. The zero-order chi connectivity index (χ0) is 23.1. The van der Waals surface area contributed by atoms with E-state index in [9.17, 15) is 9.90 Å². The van der Waals surface area contributed by atoms with Crippen LogP contribution < -0.4 is 14.2 Å². The van der Waals surface area contributed by atoms with E-state index in [1.54, 1.807) is 50.7 Å². The van der Waals surface area contributed by atoms with Gasteiger partial charge >= 0.3 is 5.97 Å². The zero-order valence-corrected chi connectivity index (χ0v) is 18.9. The Bertz CT molecular complexity index is 1050. The van der Waals surface area contributed by atoms with Gasteiger partial charge in [0.05, 0.1) is 14.2 Å². The zero-order valence-electron chi connectivity index (χ0n) is 18.9. The molecule has 3 aromatic rings. The molecule has 0 fully saturated rings. The standard InChI is InChI=1S/C26H29NO5/c1-17(13-19-8-10-22(28)24(15-19)30-3)18(2)14-20-9-11-23(25(16-20)31-4)32-26(29)21-7-5-6-12-27-21/h5-12,15-18,28H,13-14H2,1-4H3/t17-,18+/m1/s1. The van der Waals surface area contributed by atoms with Gasteiger partial charge in [0.2, 0.25) is 0 Å². The number of carbonyl (C=O) groups excluding carboxylic acids is 1. The Morgan fingerprint density at radius 2 is 1.50 bits per heavy atom. The number of hydrogen-bond donors (Lipinski definition) is 1. The summed E-state index contributed by atoms with van der Waals surface area (Å²) < 4.78 is 16.2. The molecule has 2 atom stereocenters. The maximum Gasteiger partial charge on any atom is 0.362 e. The van der Waals surface area contributed by atoms with E-state index >= 15 is 0 Å². The first-order valence-corrected chi connectivity index (χ1v) is 10.6. The van der Waals surface area contributed by atoms with E-state index in [0.717, 1.165) is 24.0 Å². The number of carbonyl (C=O) groups is 1. The predicted molar refractivity (Wildman–Crippen MR) is 123 cm³/mol. The minimum Gasteiger partial charge on any atom is -0.504 e. The predicted octanol–water partition coefficient (Wildman–Crippen LogP) is 5.08. The third-order valence-corrected chi connectivity index (χ3v) is 5.64. The Kier molecular flexibility index (Phi) is 7.71. The fraction of sp³-hybridized carbons (Fsp3) is 0.308. The van der Waals surface area contributed by atoms with Crippen molar-refractivity contribution in [2.24, 2.45) is 11.8 Å². The first kappa shape index (κ1) is 23.1. The first-order valence-electron chi connectivity index (χ1n) is 10.6. The quantitative estimate of drug-likeness (QED) is 0.373. The van der Waals surface area contributed by atoms with Crippen LogP contribution >= 0.6 is 0 Å². The summed E-state index contributed by atoms with van der Waals surface area (Å²) in [6, 6.07) is 16.2. The molecular formula is C26H29NO5. The Morgan fingerprint density at radius 1 is 0.875 bits per heavy atom. The van der Waals surface area contributed by atoms with Gasteiger partial charge in [-0.05, 0) is 72.2 Å². The number of phenols is 1. The summed E-state index contributed by atoms with van der Waals surface area (Å²) in [6.45, 7) is 4.42. The van der Waals surface area contributed by atoms with Crippen LogP contribution in [0.5, 0.6) is 23.0 Å². The average molecular weight is 436 g/mol. The lowest BCUT2D eigenvalue weighted by Gasteiger charge is -2.21. The highest BCUT2D eigenvalue weighted by atomic mass is 16.6. The molecule has 1 N–H and O–H groups in total. The lowest BCUT2D eigenvalue weighted by Crippen LogP contribution is -2.14. The molecule has 1 aromatic heterocycles. The molecule has 2 aromatic carbocycles. The molecule has 0 saturated carbocycles. The number of nitrogens with zero attached hydrogens (tertiary/aromatic N) is 1. The van der Waals surface area contributed by atoms with Crippen molar-refractivity contribution in [3.05, 3.63) is 77.6 Å². The molecule has 0 radical (unpaired) electrons. The lowest BCUT2D eigenvalue weighted by molar-refractivity contribution is 0.0723. The van der Waals surface area contributed by atoms with E-state index in [2.05, 4.69) is 18.8 Å². The van der Waals surface area contributed by atoms with E-state index < -0.39 is 5.97 Å². The Hall–Kier alpha value is -3.54. The Labute approximate surface area is 188 Å². The third-order valence-electron chi connectivity index (χ3n) is 5.64. The summed E-state index contributed by atoms with van der Waals surface area (Å²) in [4.78, 5) is 16.3. The second-order valence-corrected chi connectivity index (χ2v) is 7.96. The third kappa shape index (κ3) is 5.78. The summed E-state index contributed by atoms with van der Waals surface area (Å²) >= 11 is 0. The van der Waals surface area contributed by atoms with E-state index in [1.807, 2.05) is 24.3 Å². The number of esters is 1. The molecule has 6 nitrogen and oxygen atoms in total. The molecule has 0 amide bonds. The minimum atomic E-state index is -0.525. The molecule has 32 heavy (non-hydrogen) atoms. The van der Waals surface area contributed by atoms with Gasteiger partial charge in [0.1, 0.15) is 5.69 Å². The SMILES string of the molecule is COc1cc(C[C@@H](C)[C@@H](C)Cc2ccc(OC(=O)c3ccccn3)c(OC)c2)ccc1O. The highest BCUT2D eigenvalue weighted by Gasteiger charge is 2.18. The number of methoxy groups -OCH3 is 2. The highest BCUT2D eigenvalue weighted by Crippen LogP contribution is 2.32. The molecule has 0 aliphatic heterocycles. The topological polar surface area (TPSA) is 77.9 Å². The summed E-state index contributed by atoms with van der Waals surface area (Å²) in [7, 11) is 3.11. The lowest BCUT2D eigenvalue weighted by atomic mass is 9.85. The van der Waals surface area contributed by atoms with Crippen molar-refractivity contribution in [1.82, 2.24) is 4.98 Å². The average Bonchev–Trinajstić information content (AvgIpc) is 2.81. The highest BCUT2D eigenvalue weighted by molar-refractivity contribution is 5.89. The first-order chi connectivity index (χ1) is 15.4. The molecule has 0 aliphatic rings. The van der Waals surface area contributed by atoms with E-state index in [0.29, 0.717) is 29.1 Å². The number of benzene rings is 2. The monoisotopic (exact) mass is 435 g/mol. The second kappa shape index (κ2) is 10.7.